The minimum atomic E-state index is 0.500. The van der Waals surface area contributed by atoms with Gasteiger partial charge >= 0.3 is 0 Å². The van der Waals surface area contributed by atoms with Crippen LogP contribution in [0.5, 0.6) is 5.75 Å². The molecule has 0 bridgehead atoms. The highest BCUT2D eigenvalue weighted by atomic mass is 16.5. The number of ether oxygens (including phenoxy) is 1. The van der Waals surface area contributed by atoms with Gasteiger partial charge in [0, 0.05) is 6.20 Å². The lowest BCUT2D eigenvalue weighted by Crippen LogP contribution is -2.18. The summed E-state index contributed by atoms with van der Waals surface area (Å²) in [7, 11) is 1.68. The average molecular weight is 258 g/mol. The van der Waals surface area contributed by atoms with E-state index in [1.54, 1.807) is 19.4 Å². The molecule has 2 aromatic rings. The van der Waals surface area contributed by atoms with Gasteiger partial charge in [-0.05, 0) is 36.7 Å². The smallest absolute Gasteiger partial charge is 0.144 e. The number of rotatable bonds is 6. The Morgan fingerprint density at radius 2 is 2.21 bits per heavy atom. The molecule has 0 aliphatic rings. The second-order valence-corrected chi connectivity index (χ2v) is 4.18. The van der Waals surface area contributed by atoms with E-state index in [1.807, 2.05) is 18.2 Å². The Bertz CT molecular complexity index is 530. The summed E-state index contributed by atoms with van der Waals surface area (Å²) in [6.45, 7) is 1.47. The molecule has 2 rings (SSSR count). The molecule has 1 heterocycles. The molecular formula is C14H18N4O. The quantitative estimate of drug-likeness (QED) is 0.766. The Kier molecular flexibility index (Phi) is 4.69. The second kappa shape index (κ2) is 6.70. The van der Waals surface area contributed by atoms with Crippen LogP contribution in [-0.4, -0.2) is 23.6 Å². The number of anilines is 1. The van der Waals surface area contributed by atoms with E-state index >= 15 is 0 Å². The van der Waals surface area contributed by atoms with E-state index in [-0.39, 0.29) is 0 Å². The largest absolute Gasteiger partial charge is 0.497 e. The van der Waals surface area contributed by atoms with Gasteiger partial charge in [-0.25, -0.2) is 9.97 Å². The van der Waals surface area contributed by atoms with Gasteiger partial charge in [0.1, 0.15) is 17.4 Å². The van der Waals surface area contributed by atoms with Crippen LogP contribution in [0, 0.1) is 0 Å². The van der Waals surface area contributed by atoms with Gasteiger partial charge in [-0.3, -0.25) is 0 Å². The van der Waals surface area contributed by atoms with E-state index in [0.717, 1.165) is 18.7 Å². The molecule has 1 aromatic carbocycles. The molecule has 0 saturated carbocycles. The highest BCUT2D eigenvalue weighted by Crippen LogP contribution is 2.12. The summed E-state index contributed by atoms with van der Waals surface area (Å²) in [4.78, 5) is 8.27. The van der Waals surface area contributed by atoms with Gasteiger partial charge < -0.3 is 15.8 Å². The molecule has 100 valence electrons. The van der Waals surface area contributed by atoms with Crippen LogP contribution >= 0.6 is 0 Å². The van der Waals surface area contributed by atoms with Crippen LogP contribution in [0.4, 0.5) is 5.82 Å². The molecule has 0 atom stereocenters. The first kappa shape index (κ1) is 13.3. The van der Waals surface area contributed by atoms with Crippen LogP contribution in [-0.2, 0) is 13.0 Å². The number of methoxy groups -OCH3 is 1. The summed E-state index contributed by atoms with van der Waals surface area (Å²) in [5, 5.41) is 3.29. The molecule has 0 aliphatic heterocycles. The predicted octanol–water partition coefficient (Wildman–Crippen LogP) is 1.40. The molecule has 0 radical (unpaired) electrons. The number of nitrogens with two attached hydrogens (primary N) is 1. The first-order valence-electron chi connectivity index (χ1n) is 6.19. The standard InChI is InChI=1S/C14H18N4O/c1-19-12-4-2-3-11(9-12)5-7-16-10-14-17-8-6-13(15)18-14/h2-4,6,8-9,16H,5,7,10H2,1H3,(H2,15,17,18). The van der Waals surface area contributed by atoms with E-state index < -0.39 is 0 Å². The predicted molar refractivity (Wildman–Crippen MR) is 74.8 cm³/mol. The van der Waals surface area contributed by atoms with Gasteiger partial charge in [-0.2, -0.15) is 0 Å². The van der Waals surface area contributed by atoms with Crippen LogP contribution in [0.2, 0.25) is 0 Å². The molecule has 0 saturated heterocycles. The van der Waals surface area contributed by atoms with Crippen molar-refractivity contribution in [2.75, 3.05) is 19.4 Å². The maximum atomic E-state index is 5.59. The molecule has 0 unspecified atom stereocenters. The van der Waals surface area contributed by atoms with Crippen LogP contribution < -0.4 is 15.8 Å². The van der Waals surface area contributed by atoms with Gasteiger partial charge in [0.15, 0.2) is 0 Å². The average Bonchev–Trinajstić information content (AvgIpc) is 2.44. The molecule has 0 spiro atoms. The van der Waals surface area contributed by atoms with Gasteiger partial charge in [0.2, 0.25) is 0 Å². The topological polar surface area (TPSA) is 73.1 Å². The van der Waals surface area contributed by atoms with Gasteiger partial charge in [0.05, 0.1) is 13.7 Å². The lowest BCUT2D eigenvalue weighted by Gasteiger charge is -2.06. The van der Waals surface area contributed by atoms with E-state index in [2.05, 4.69) is 21.4 Å². The SMILES string of the molecule is COc1cccc(CCNCc2nccc(N)n2)c1. The van der Waals surface area contributed by atoms with Crippen LogP contribution in [0.15, 0.2) is 36.5 Å². The summed E-state index contributed by atoms with van der Waals surface area (Å²) in [6, 6.07) is 9.74. The highest BCUT2D eigenvalue weighted by Gasteiger charge is 1.98. The van der Waals surface area contributed by atoms with Gasteiger partial charge in [0.25, 0.3) is 0 Å². The fourth-order valence-corrected chi connectivity index (χ4v) is 1.76. The Balaban J connectivity index is 1.77. The number of nitrogens with zero attached hydrogens (tertiary/aromatic N) is 2. The first-order chi connectivity index (χ1) is 9.28. The summed E-state index contributed by atoms with van der Waals surface area (Å²) >= 11 is 0. The minimum Gasteiger partial charge on any atom is -0.497 e. The molecular weight excluding hydrogens is 240 g/mol. The van der Waals surface area contributed by atoms with Crippen molar-refractivity contribution in [1.29, 1.82) is 0 Å². The number of hydrogen-bond donors (Lipinski definition) is 2. The lowest BCUT2D eigenvalue weighted by molar-refractivity contribution is 0.414. The second-order valence-electron chi connectivity index (χ2n) is 4.18. The van der Waals surface area contributed by atoms with E-state index in [0.29, 0.717) is 18.2 Å². The van der Waals surface area contributed by atoms with Crippen molar-refractivity contribution in [3.8, 4) is 5.75 Å². The molecule has 0 fully saturated rings. The van der Waals surface area contributed by atoms with Crippen molar-refractivity contribution in [1.82, 2.24) is 15.3 Å². The molecule has 0 aliphatic carbocycles. The van der Waals surface area contributed by atoms with Crippen molar-refractivity contribution in [2.45, 2.75) is 13.0 Å². The molecule has 5 heteroatoms. The molecule has 3 N–H and O–H groups in total. The summed E-state index contributed by atoms with van der Waals surface area (Å²) < 4.78 is 5.19. The third-order valence-electron chi connectivity index (χ3n) is 2.73. The van der Waals surface area contributed by atoms with Crippen molar-refractivity contribution in [3.63, 3.8) is 0 Å². The minimum absolute atomic E-state index is 0.500. The first-order valence-corrected chi connectivity index (χ1v) is 6.19. The molecule has 5 nitrogen and oxygen atoms in total. The fraction of sp³-hybridized carbons (Fsp3) is 0.286. The zero-order valence-electron chi connectivity index (χ0n) is 11.0. The Morgan fingerprint density at radius 1 is 1.32 bits per heavy atom. The zero-order chi connectivity index (χ0) is 13.5. The number of hydrogen-bond acceptors (Lipinski definition) is 5. The third-order valence-corrected chi connectivity index (χ3v) is 2.73. The summed E-state index contributed by atoms with van der Waals surface area (Å²) in [5.74, 6) is 2.10. The fourth-order valence-electron chi connectivity index (χ4n) is 1.76. The van der Waals surface area contributed by atoms with E-state index in [1.165, 1.54) is 5.56 Å². The number of aromatic nitrogens is 2. The van der Waals surface area contributed by atoms with Crippen LogP contribution in [0.25, 0.3) is 0 Å². The Morgan fingerprint density at radius 3 is 3.00 bits per heavy atom. The summed E-state index contributed by atoms with van der Waals surface area (Å²) in [6.07, 6.45) is 2.60. The van der Waals surface area contributed by atoms with E-state index in [4.69, 9.17) is 10.5 Å². The van der Waals surface area contributed by atoms with Crippen LogP contribution in [0.3, 0.4) is 0 Å². The normalized spacial score (nSPS) is 10.4. The highest BCUT2D eigenvalue weighted by molar-refractivity contribution is 5.28. The van der Waals surface area contributed by atoms with E-state index in [9.17, 15) is 0 Å². The van der Waals surface area contributed by atoms with Crippen molar-refractivity contribution < 1.29 is 4.74 Å². The maximum absolute atomic E-state index is 5.59. The molecule has 19 heavy (non-hydrogen) atoms. The van der Waals surface area contributed by atoms with Crippen molar-refractivity contribution in [2.24, 2.45) is 0 Å². The summed E-state index contributed by atoms with van der Waals surface area (Å²) in [5.41, 5.74) is 6.83. The van der Waals surface area contributed by atoms with Crippen molar-refractivity contribution in [3.05, 3.63) is 47.9 Å². The Labute approximate surface area is 112 Å². The van der Waals surface area contributed by atoms with Crippen molar-refractivity contribution >= 4 is 5.82 Å². The number of benzene rings is 1. The lowest BCUT2D eigenvalue weighted by atomic mass is 10.1. The number of nitrogen functional groups attached to an aromatic ring is 1. The third kappa shape index (κ3) is 4.22. The monoisotopic (exact) mass is 258 g/mol. The van der Waals surface area contributed by atoms with Gasteiger partial charge in [-0.1, -0.05) is 12.1 Å². The van der Waals surface area contributed by atoms with Gasteiger partial charge in [-0.15, -0.1) is 0 Å². The van der Waals surface area contributed by atoms with Crippen LogP contribution in [0.1, 0.15) is 11.4 Å². The molecule has 1 aromatic heterocycles. The number of nitrogens with one attached hydrogen (secondary N) is 1. The zero-order valence-corrected chi connectivity index (χ0v) is 11.0. The molecule has 0 amide bonds. The maximum Gasteiger partial charge on any atom is 0.144 e. The Hall–Kier alpha value is -2.14.